The summed E-state index contributed by atoms with van der Waals surface area (Å²) in [6.07, 6.45) is 0. The monoisotopic (exact) mass is 475 g/mol. The molecule has 0 aliphatic heterocycles. The minimum absolute atomic E-state index is 0.0907. The molecular weight excluding hydrogens is 442 g/mol. The van der Waals surface area contributed by atoms with Gasteiger partial charge in [0.2, 0.25) is 11.5 Å². The number of methoxy groups -OCH3 is 4. The number of benzene rings is 2. The summed E-state index contributed by atoms with van der Waals surface area (Å²) in [5, 5.41) is 15.3. The molecule has 6 N–H and O–H groups in total. The highest BCUT2D eigenvalue weighted by Crippen LogP contribution is 2.39. The summed E-state index contributed by atoms with van der Waals surface area (Å²) in [5.74, 6) is 2.44. The first-order chi connectivity index (χ1) is 16.2. The first-order valence-corrected chi connectivity index (χ1v) is 10.4. The van der Waals surface area contributed by atoms with Crippen LogP contribution in [-0.4, -0.2) is 78.4 Å². The minimum Gasteiger partial charge on any atom is -0.493 e. The number of rotatable bonds is 14. The molecule has 0 saturated carbocycles. The number of ether oxygens (including phenoxy) is 6. The zero-order chi connectivity index (χ0) is 25.3. The van der Waals surface area contributed by atoms with E-state index in [9.17, 15) is 0 Å². The molecule has 2 aromatic carbocycles. The van der Waals surface area contributed by atoms with Gasteiger partial charge < -0.3 is 39.9 Å². The van der Waals surface area contributed by atoms with Gasteiger partial charge >= 0.3 is 0 Å². The second-order valence-electron chi connectivity index (χ2n) is 7.25. The average Bonchev–Trinajstić information content (AvgIpc) is 2.83. The van der Waals surface area contributed by atoms with Crippen molar-refractivity contribution in [3.05, 3.63) is 35.4 Å². The lowest BCUT2D eigenvalue weighted by atomic mass is 10.1. The Bertz CT molecular complexity index is 884. The Labute approximate surface area is 199 Å². The van der Waals surface area contributed by atoms with E-state index in [0.29, 0.717) is 71.9 Å². The van der Waals surface area contributed by atoms with Crippen LogP contribution in [0.2, 0.25) is 0 Å². The maximum atomic E-state index is 7.63. The van der Waals surface area contributed by atoms with E-state index in [2.05, 4.69) is 0 Å². The van der Waals surface area contributed by atoms with Crippen molar-refractivity contribution in [2.45, 2.75) is 0 Å². The number of nitrogens with one attached hydrogen (secondary N) is 2. The normalized spacial score (nSPS) is 10.5. The Morgan fingerprint density at radius 3 is 1.21 bits per heavy atom. The number of amidine groups is 2. The van der Waals surface area contributed by atoms with Gasteiger partial charge in [-0.1, -0.05) is 0 Å². The quantitative estimate of drug-likeness (QED) is 0.235. The van der Waals surface area contributed by atoms with Crippen molar-refractivity contribution in [3.8, 4) is 34.5 Å². The molecule has 0 amide bonds. The van der Waals surface area contributed by atoms with Gasteiger partial charge in [-0.15, -0.1) is 0 Å². The molecule has 0 aromatic heterocycles. The molecule has 0 atom stereocenters. The first kappa shape index (κ1) is 26.4. The highest BCUT2D eigenvalue weighted by atomic mass is 16.5. The van der Waals surface area contributed by atoms with Gasteiger partial charge in [0.25, 0.3) is 0 Å². The Kier molecular flexibility index (Phi) is 9.62. The van der Waals surface area contributed by atoms with Gasteiger partial charge in [0.1, 0.15) is 24.9 Å². The number of nitrogen functional groups attached to an aromatic ring is 2. The molecule has 0 radical (unpaired) electrons. The molecule has 0 aliphatic rings. The van der Waals surface area contributed by atoms with E-state index in [-0.39, 0.29) is 11.7 Å². The van der Waals surface area contributed by atoms with E-state index in [4.69, 9.17) is 50.7 Å². The molecule has 0 saturated heterocycles. The van der Waals surface area contributed by atoms with Crippen molar-refractivity contribution in [2.75, 3.05) is 61.8 Å². The Hall–Kier alpha value is -3.86. The summed E-state index contributed by atoms with van der Waals surface area (Å²) in [4.78, 5) is 2.03. The third-order valence-corrected chi connectivity index (χ3v) is 4.98. The largest absolute Gasteiger partial charge is 0.493 e. The second-order valence-corrected chi connectivity index (χ2v) is 7.25. The Balaban J connectivity index is 1.96. The lowest BCUT2D eigenvalue weighted by Crippen LogP contribution is -2.29. The molecule has 2 aromatic rings. The fourth-order valence-electron chi connectivity index (χ4n) is 3.07. The molecule has 0 bridgehead atoms. The highest BCUT2D eigenvalue weighted by molar-refractivity contribution is 5.96. The zero-order valence-electron chi connectivity index (χ0n) is 20.2. The smallest absolute Gasteiger partial charge is 0.203 e. The summed E-state index contributed by atoms with van der Waals surface area (Å²) in [6.45, 7) is 1.93. The zero-order valence-corrected chi connectivity index (χ0v) is 20.2. The fourth-order valence-corrected chi connectivity index (χ4v) is 3.07. The van der Waals surface area contributed by atoms with E-state index < -0.39 is 0 Å². The summed E-state index contributed by atoms with van der Waals surface area (Å²) in [7, 11) is 8.00. The van der Waals surface area contributed by atoms with E-state index in [1.165, 1.54) is 28.4 Å². The van der Waals surface area contributed by atoms with Crippen LogP contribution in [0.5, 0.6) is 34.5 Å². The number of nitrogens with two attached hydrogens (primary N) is 2. The van der Waals surface area contributed by atoms with E-state index in [1.807, 2.05) is 11.9 Å². The molecule has 34 heavy (non-hydrogen) atoms. The molecule has 11 nitrogen and oxygen atoms in total. The molecule has 2 rings (SSSR count). The third-order valence-electron chi connectivity index (χ3n) is 4.98. The Morgan fingerprint density at radius 1 is 0.676 bits per heavy atom. The van der Waals surface area contributed by atoms with Gasteiger partial charge in [-0.05, 0) is 31.3 Å². The van der Waals surface area contributed by atoms with Crippen LogP contribution in [0, 0.1) is 10.8 Å². The fraction of sp³-hybridized carbons (Fsp3) is 0.391. The van der Waals surface area contributed by atoms with Crippen LogP contribution in [0.15, 0.2) is 24.3 Å². The number of hydrogen-bond acceptors (Lipinski definition) is 9. The van der Waals surface area contributed by atoms with Crippen LogP contribution in [0.4, 0.5) is 0 Å². The summed E-state index contributed by atoms with van der Waals surface area (Å²) >= 11 is 0. The van der Waals surface area contributed by atoms with Crippen molar-refractivity contribution in [2.24, 2.45) is 11.5 Å². The van der Waals surface area contributed by atoms with Crippen LogP contribution < -0.4 is 39.9 Å². The van der Waals surface area contributed by atoms with Gasteiger partial charge in [-0.25, -0.2) is 0 Å². The Morgan fingerprint density at radius 2 is 0.971 bits per heavy atom. The molecule has 11 heteroatoms. The van der Waals surface area contributed by atoms with Crippen LogP contribution in [0.1, 0.15) is 11.1 Å². The van der Waals surface area contributed by atoms with Crippen molar-refractivity contribution >= 4 is 11.7 Å². The van der Waals surface area contributed by atoms with Gasteiger partial charge in [0, 0.05) is 24.2 Å². The lowest BCUT2D eigenvalue weighted by Gasteiger charge is -2.20. The topological polar surface area (TPSA) is 158 Å². The van der Waals surface area contributed by atoms with Gasteiger partial charge in [-0.3, -0.25) is 15.7 Å². The number of likely N-dealkylation sites (N-methyl/N-ethyl adjacent to an activating group) is 1. The lowest BCUT2D eigenvalue weighted by molar-refractivity contribution is 0.190. The number of nitrogens with zero attached hydrogens (tertiary/aromatic N) is 1. The van der Waals surface area contributed by atoms with E-state index in [1.54, 1.807) is 24.3 Å². The maximum absolute atomic E-state index is 7.63. The highest BCUT2D eigenvalue weighted by Gasteiger charge is 2.17. The molecule has 0 unspecified atom stereocenters. The molecule has 0 heterocycles. The molecule has 0 fully saturated rings. The van der Waals surface area contributed by atoms with E-state index >= 15 is 0 Å². The third kappa shape index (κ3) is 6.58. The average molecular weight is 476 g/mol. The number of hydrogen-bond donors (Lipinski definition) is 4. The second kappa shape index (κ2) is 12.4. The standard InChI is InChI=1S/C23H33N5O6/c1-28(6-8-33-20-16(29-2)10-14(22(24)25)11-17(20)30-3)7-9-34-21-18(31-4)12-15(23(26)27)13-19(21)32-5/h10-13H,6-9H2,1-5H3,(H3,24,25)(H3,26,27). The van der Waals surface area contributed by atoms with Crippen molar-refractivity contribution in [3.63, 3.8) is 0 Å². The van der Waals surface area contributed by atoms with Gasteiger partial charge in [0.05, 0.1) is 28.4 Å². The van der Waals surface area contributed by atoms with Gasteiger partial charge in [0.15, 0.2) is 23.0 Å². The molecule has 0 spiro atoms. The summed E-state index contributed by atoms with van der Waals surface area (Å²) in [6, 6.07) is 6.54. The summed E-state index contributed by atoms with van der Waals surface area (Å²) < 4.78 is 33.4. The molecular formula is C23H33N5O6. The van der Waals surface area contributed by atoms with Gasteiger partial charge in [-0.2, -0.15) is 0 Å². The van der Waals surface area contributed by atoms with Crippen molar-refractivity contribution in [1.82, 2.24) is 4.90 Å². The predicted molar refractivity (Wildman–Crippen MR) is 130 cm³/mol. The predicted octanol–water partition coefficient (Wildman–Crippen LogP) is 1.68. The van der Waals surface area contributed by atoms with E-state index in [0.717, 1.165) is 0 Å². The molecule has 186 valence electrons. The SMILES string of the molecule is COc1cc(C(=N)N)cc(OC)c1OCCN(C)CCOc1c(OC)cc(C(=N)N)cc1OC. The van der Waals surface area contributed by atoms with Crippen LogP contribution in [-0.2, 0) is 0 Å². The molecule has 0 aliphatic carbocycles. The minimum atomic E-state index is -0.0907. The summed E-state index contributed by atoms with van der Waals surface area (Å²) in [5.41, 5.74) is 12.1. The first-order valence-electron chi connectivity index (χ1n) is 10.4. The van der Waals surface area contributed by atoms with Crippen molar-refractivity contribution < 1.29 is 28.4 Å². The van der Waals surface area contributed by atoms with Crippen molar-refractivity contribution in [1.29, 1.82) is 10.8 Å². The van der Waals surface area contributed by atoms with Crippen LogP contribution in [0.25, 0.3) is 0 Å². The van der Waals surface area contributed by atoms with Crippen LogP contribution in [0.3, 0.4) is 0 Å². The maximum Gasteiger partial charge on any atom is 0.203 e. The van der Waals surface area contributed by atoms with Crippen LogP contribution >= 0.6 is 0 Å².